The number of unbranched alkanes of at least 4 members (excludes halogenated alkanes) is 1. The van der Waals surface area contributed by atoms with Crippen molar-refractivity contribution in [3.05, 3.63) is 108 Å². The van der Waals surface area contributed by atoms with E-state index in [2.05, 4.69) is 21.3 Å². The molecule has 0 unspecified atom stereocenters. The van der Waals surface area contributed by atoms with Gasteiger partial charge < -0.3 is 53.4 Å². The van der Waals surface area contributed by atoms with Crippen molar-refractivity contribution in [2.75, 3.05) is 33.7 Å². The van der Waals surface area contributed by atoms with E-state index in [-0.39, 0.29) is 37.9 Å². The number of carbonyl (C=O) groups excluding carboxylic acids is 5. The van der Waals surface area contributed by atoms with Crippen LogP contribution in [0.4, 0.5) is 9.59 Å². The quantitative estimate of drug-likeness (QED) is 0.0952. The molecule has 0 fully saturated rings. The minimum Gasteiger partial charge on any atom is -1.00 e. The summed E-state index contributed by atoms with van der Waals surface area (Å²) < 4.78 is 10.5. The van der Waals surface area contributed by atoms with Crippen molar-refractivity contribution >= 4 is 29.9 Å². The van der Waals surface area contributed by atoms with Crippen LogP contribution in [-0.2, 0) is 43.5 Å². The SMILES string of the molecule is C[NH2+]CCN(C)C(=O)[C@H](CCCCNC(=O)OCc1ccccc1)NC(=O)[C@H](Cc1ccccc1)NC(=O)[C@@H](C)NC(=O)OCc1ccccc1.[Cl-]. The summed E-state index contributed by atoms with van der Waals surface area (Å²) in [7, 11) is 3.59. The Morgan fingerprint density at radius 3 is 1.77 bits per heavy atom. The standard InChI is InChI=1S/C38H50N6O7.ClH/c1-28(41-38(49)51-27-31-19-11-6-12-20-31)34(45)43-33(25-29-15-7-4-8-16-29)35(46)42-32(36(47)44(3)24-23-39-2)21-13-14-22-40-37(48)50-26-30-17-9-5-10-18-30;/h4-12,15-20,28,32-33,39H,13-14,21-27H2,1-3H3,(H,40,48)(H,41,49)(H,42,46)(H,43,45);1H/t28-,32+,33+;/m1./s1. The maximum absolute atomic E-state index is 13.8. The number of carbonyl (C=O) groups is 5. The number of rotatable bonds is 20. The van der Waals surface area contributed by atoms with E-state index in [1.54, 1.807) is 11.9 Å². The molecular weight excluding hydrogens is 688 g/mol. The molecule has 5 amide bonds. The van der Waals surface area contributed by atoms with Gasteiger partial charge in [-0.05, 0) is 42.9 Å². The Bertz CT molecular complexity index is 1520. The third kappa shape index (κ3) is 16.3. The molecule has 13 nitrogen and oxygen atoms in total. The maximum Gasteiger partial charge on any atom is 0.408 e. The monoisotopic (exact) mass is 738 g/mol. The van der Waals surface area contributed by atoms with Crippen molar-refractivity contribution in [2.24, 2.45) is 0 Å². The molecule has 6 N–H and O–H groups in total. The van der Waals surface area contributed by atoms with Gasteiger partial charge in [-0.25, -0.2) is 9.59 Å². The van der Waals surface area contributed by atoms with E-state index in [1.165, 1.54) is 6.92 Å². The summed E-state index contributed by atoms with van der Waals surface area (Å²) in [6.07, 6.45) is 0.208. The van der Waals surface area contributed by atoms with Gasteiger partial charge in [-0.2, -0.15) is 0 Å². The molecule has 282 valence electrons. The van der Waals surface area contributed by atoms with Gasteiger partial charge in [0, 0.05) is 20.0 Å². The molecule has 0 radical (unpaired) electrons. The average Bonchev–Trinajstić information content (AvgIpc) is 3.15. The third-order valence-corrected chi connectivity index (χ3v) is 8.00. The van der Waals surface area contributed by atoms with Gasteiger partial charge in [-0.1, -0.05) is 91.0 Å². The minimum atomic E-state index is -1.05. The van der Waals surface area contributed by atoms with Gasteiger partial charge in [-0.15, -0.1) is 0 Å². The van der Waals surface area contributed by atoms with Crippen molar-refractivity contribution in [2.45, 2.75) is 63.9 Å². The van der Waals surface area contributed by atoms with Crippen LogP contribution in [0.1, 0.15) is 42.9 Å². The summed E-state index contributed by atoms with van der Waals surface area (Å²) >= 11 is 0. The zero-order valence-electron chi connectivity index (χ0n) is 30.0. The highest BCUT2D eigenvalue weighted by Crippen LogP contribution is 2.09. The van der Waals surface area contributed by atoms with E-state index in [0.29, 0.717) is 38.9 Å². The fourth-order valence-electron chi connectivity index (χ4n) is 5.03. The first-order valence-electron chi connectivity index (χ1n) is 17.3. The molecule has 14 heteroatoms. The van der Waals surface area contributed by atoms with Crippen LogP contribution in [0.3, 0.4) is 0 Å². The van der Waals surface area contributed by atoms with Crippen LogP contribution in [0.15, 0.2) is 91.0 Å². The summed E-state index contributed by atoms with van der Waals surface area (Å²) in [5, 5.41) is 12.8. The Morgan fingerprint density at radius 2 is 1.21 bits per heavy atom. The molecule has 0 aliphatic rings. The van der Waals surface area contributed by atoms with Crippen LogP contribution in [0.2, 0.25) is 0 Å². The van der Waals surface area contributed by atoms with Gasteiger partial charge in [-0.3, -0.25) is 14.4 Å². The normalized spacial score (nSPS) is 12.1. The Kier molecular flexibility index (Phi) is 20.0. The highest BCUT2D eigenvalue weighted by Gasteiger charge is 2.30. The van der Waals surface area contributed by atoms with Crippen molar-refractivity contribution < 1.29 is 51.2 Å². The van der Waals surface area contributed by atoms with Crippen molar-refractivity contribution in [1.82, 2.24) is 26.2 Å². The first-order valence-corrected chi connectivity index (χ1v) is 17.3. The average molecular weight is 739 g/mol. The van der Waals surface area contributed by atoms with E-state index >= 15 is 0 Å². The summed E-state index contributed by atoms with van der Waals surface area (Å²) in [6, 6.07) is 24.7. The number of nitrogens with two attached hydrogens (primary N) is 1. The number of ether oxygens (including phenoxy) is 2. The minimum absolute atomic E-state index is 0. The zero-order valence-corrected chi connectivity index (χ0v) is 30.8. The second-order valence-corrected chi connectivity index (χ2v) is 12.2. The first kappa shape index (κ1) is 43.0. The van der Waals surface area contributed by atoms with Crippen molar-refractivity contribution in [1.29, 1.82) is 0 Å². The molecule has 0 saturated carbocycles. The molecular formula is C38H51ClN6O7. The molecule has 3 aromatic rings. The number of nitrogens with one attached hydrogen (secondary N) is 4. The Balaban J connectivity index is 0.00000936. The second kappa shape index (κ2) is 24.1. The van der Waals surface area contributed by atoms with Gasteiger partial charge in [0.05, 0.1) is 20.1 Å². The summed E-state index contributed by atoms with van der Waals surface area (Å²) in [6.45, 7) is 3.18. The lowest BCUT2D eigenvalue weighted by Crippen LogP contribution is -3.00. The Labute approximate surface area is 312 Å². The van der Waals surface area contributed by atoms with Gasteiger partial charge in [0.25, 0.3) is 0 Å². The van der Waals surface area contributed by atoms with Crippen molar-refractivity contribution in [3.8, 4) is 0 Å². The second-order valence-electron chi connectivity index (χ2n) is 12.2. The highest BCUT2D eigenvalue weighted by molar-refractivity contribution is 5.93. The molecule has 0 aromatic heterocycles. The fraction of sp³-hybridized carbons (Fsp3) is 0.395. The molecule has 3 aromatic carbocycles. The number of amides is 5. The predicted octanol–water partition coefficient (Wildman–Crippen LogP) is -0.734. The molecule has 0 aliphatic heterocycles. The van der Waals surface area contributed by atoms with Crippen LogP contribution in [0.5, 0.6) is 0 Å². The molecule has 0 aliphatic carbocycles. The Hall–Kier alpha value is -5.14. The number of hydrogen-bond donors (Lipinski definition) is 5. The highest BCUT2D eigenvalue weighted by atomic mass is 35.5. The third-order valence-electron chi connectivity index (χ3n) is 8.00. The largest absolute Gasteiger partial charge is 1.00 e. The lowest BCUT2D eigenvalue weighted by molar-refractivity contribution is -0.626. The smallest absolute Gasteiger partial charge is 0.408 e. The lowest BCUT2D eigenvalue weighted by Gasteiger charge is -2.27. The van der Waals surface area contributed by atoms with Crippen molar-refractivity contribution in [3.63, 3.8) is 0 Å². The van der Waals surface area contributed by atoms with Crippen LogP contribution in [-0.4, -0.2) is 86.7 Å². The lowest BCUT2D eigenvalue weighted by atomic mass is 10.0. The molecule has 3 atom stereocenters. The van der Waals surface area contributed by atoms with E-state index in [0.717, 1.165) is 16.7 Å². The summed E-state index contributed by atoms with van der Waals surface area (Å²) in [5.74, 6) is -1.39. The predicted molar refractivity (Wildman–Crippen MR) is 192 cm³/mol. The summed E-state index contributed by atoms with van der Waals surface area (Å²) in [4.78, 5) is 66.7. The van der Waals surface area contributed by atoms with E-state index < -0.39 is 42.1 Å². The molecule has 52 heavy (non-hydrogen) atoms. The van der Waals surface area contributed by atoms with Crippen LogP contribution in [0, 0.1) is 0 Å². The molecule has 0 spiro atoms. The molecule has 3 rings (SSSR count). The topological polar surface area (TPSA) is 172 Å². The Morgan fingerprint density at radius 1 is 0.692 bits per heavy atom. The number of likely N-dealkylation sites (N-methyl/N-ethyl adjacent to an activating group) is 2. The number of halogens is 1. The van der Waals surface area contributed by atoms with Gasteiger partial charge in [0.1, 0.15) is 31.3 Å². The van der Waals surface area contributed by atoms with Crippen LogP contribution < -0.4 is 39.0 Å². The zero-order chi connectivity index (χ0) is 36.8. The maximum atomic E-state index is 13.8. The molecule has 0 saturated heterocycles. The molecule has 0 heterocycles. The first-order chi connectivity index (χ1) is 24.7. The number of benzene rings is 3. The van der Waals surface area contributed by atoms with Gasteiger partial charge in [0.2, 0.25) is 17.7 Å². The number of nitrogens with zero attached hydrogens (tertiary/aromatic N) is 1. The molecule has 0 bridgehead atoms. The van der Waals surface area contributed by atoms with Crippen LogP contribution in [0.25, 0.3) is 0 Å². The fourth-order valence-corrected chi connectivity index (χ4v) is 5.03. The van der Waals surface area contributed by atoms with E-state index in [9.17, 15) is 24.0 Å². The van der Waals surface area contributed by atoms with Gasteiger partial charge in [0.15, 0.2) is 0 Å². The number of quaternary nitrogens is 1. The number of alkyl carbamates (subject to hydrolysis) is 2. The summed E-state index contributed by atoms with van der Waals surface area (Å²) in [5.41, 5.74) is 2.47. The van der Waals surface area contributed by atoms with Gasteiger partial charge >= 0.3 is 12.2 Å². The number of hydrogen-bond acceptors (Lipinski definition) is 7. The van der Waals surface area contributed by atoms with E-state index in [4.69, 9.17) is 9.47 Å². The van der Waals surface area contributed by atoms with E-state index in [1.807, 2.05) is 103 Å². The van der Waals surface area contributed by atoms with Crippen LogP contribution >= 0.6 is 0 Å².